The van der Waals surface area contributed by atoms with Gasteiger partial charge in [-0.05, 0) is 25.0 Å². The van der Waals surface area contributed by atoms with E-state index in [1.807, 2.05) is 38.2 Å². The van der Waals surface area contributed by atoms with Crippen molar-refractivity contribution in [3.8, 4) is 0 Å². The lowest BCUT2D eigenvalue weighted by Crippen LogP contribution is -1.82. The Morgan fingerprint density at radius 3 is 1.36 bits per heavy atom. The molecule has 0 aliphatic carbocycles. The maximum Gasteiger partial charge on any atom is -0.0188 e. The smallest absolute Gasteiger partial charge is 0.0188 e. The molecule has 0 rings (SSSR count). The second-order valence-electron chi connectivity index (χ2n) is 2.72. The fourth-order valence-electron chi connectivity index (χ4n) is 1.11. The second-order valence-corrected chi connectivity index (χ2v) is 2.72. The van der Waals surface area contributed by atoms with Crippen molar-refractivity contribution in [2.75, 3.05) is 0 Å². The lowest BCUT2D eigenvalue weighted by molar-refractivity contribution is 1.51. The van der Waals surface area contributed by atoms with Gasteiger partial charge in [0.05, 0.1) is 0 Å². The van der Waals surface area contributed by atoms with E-state index < -0.39 is 0 Å². The van der Waals surface area contributed by atoms with Gasteiger partial charge in [0.2, 0.25) is 0 Å². The summed E-state index contributed by atoms with van der Waals surface area (Å²) in [6.07, 6.45) is 15.7. The minimum Gasteiger partial charge on any atom is -0.0990 e. The molecule has 0 spiro atoms. The van der Waals surface area contributed by atoms with Crippen LogP contribution >= 0.6 is 0 Å². The third-order valence-corrected chi connectivity index (χ3v) is 1.62. The summed E-state index contributed by atoms with van der Waals surface area (Å²) in [4.78, 5) is 0. The summed E-state index contributed by atoms with van der Waals surface area (Å²) in [7, 11) is 0. The van der Waals surface area contributed by atoms with Gasteiger partial charge in [-0.3, -0.25) is 0 Å². The van der Waals surface area contributed by atoms with Crippen molar-refractivity contribution in [3.63, 3.8) is 0 Å². The molecule has 0 saturated heterocycles. The fourth-order valence-corrected chi connectivity index (χ4v) is 1.11. The van der Waals surface area contributed by atoms with Gasteiger partial charge in [-0.15, -0.1) is 0 Å². The zero-order chi connectivity index (χ0) is 10.8. The van der Waals surface area contributed by atoms with E-state index in [0.717, 1.165) is 11.1 Å². The summed E-state index contributed by atoms with van der Waals surface area (Å²) >= 11 is 0. The summed E-state index contributed by atoms with van der Waals surface area (Å²) in [5, 5.41) is 0. The predicted octanol–water partition coefficient (Wildman–Crippen LogP) is 4.36. The maximum atomic E-state index is 3.70. The molecular weight excluding hydrogens is 168 g/mol. The number of hydrogen-bond donors (Lipinski definition) is 0. The van der Waals surface area contributed by atoms with Crippen LogP contribution in [0.1, 0.15) is 13.8 Å². The number of rotatable bonds is 5. The van der Waals surface area contributed by atoms with Gasteiger partial charge in [0, 0.05) is 0 Å². The average Bonchev–Trinajstić information content (AvgIpc) is 2.17. The SMILES string of the molecule is C=C/C=C(/C=C\C)C(\C=C/C)=C\C=C. The minimum absolute atomic E-state index is 1.14. The van der Waals surface area contributed by atoms with Gasteiger partial charge >= 0.3 is 0 Å². The van der Waals surface area contributed by atoms with Crippen molar-refractivity contribution in [1.29, 1.82) is 0 Å². The van der Waals surface area contributed by atoms with Gasteiger partial charge in [-0.1, -0.05) is 61.8 Å². The first-order valence-electron chi connectivity index (χ1n) is 4.71. The molecule has 0 amide bonds. The van der Waals surface area contributed by atoms with Crippen molar-refractivity contribution in [2.45, 2.75) is 13.8 Å². The molecule has 0 bridgehead atoms. The Labute approximate surface area is 87.3 Å². The highest BCUT2D eigenvalue weighted by molar-refractivity contribution is 5.48. The Morgan fingerprint density at radius 2 is 1.14 bits per heavy atom. The molecule has 74 valence electrons. The summed E-state index contributed by atoms with van der Waals surface area (Å²) in [6.45, 7) is 11.4. The van der Waals surface area contributed by atoms with Crippen molar-refractivity contribution in [3.05, 3.63) is 72.9 Å². The Balaban J connectivity index is 5.12. The van der Waals surface area contributed by atoms with Crippen LogP contribution in [0.15, 0.2) is 72.9 Å². The molecule has 0 aromatic rings. The molecule has 0 fully saturated rings. The van der Waals surface area contributed by atoms with Gasteiger partial charge in [0.25, 0.3) is 0 Å². The monoisotopic (exact) mass is 186 g/mol. The predicted molar refractivity (Wildman–Crippen MR) is 66.2 cm³/mol. The summed E-state index contributed by atoms with van der Waals surface area (Å²) < 4.78 is 0. The van der Waals surface area contributed by atoms with E-state index in [0.29, 0.717) is 0 Å². The van der Waals surface area contributed by atoms with Crippen molar-refractivity contribution in [2.24, 2.45) is 0 Å². The Hall–Kier alpha value is -1.56. The van der Waals surface area contributed by atoms with Crippen LogP contribution < -0.4 is 0 Å². The van der Waals surface area contributed by atoms with E-state index in [2.05, 4.69) is 25.3 Å². The lowest BCUT2D eigenvalue weighted by atomic mass is 10.0. The van der Waals surface area contributed by atoms with Crippen LogP contribution in [-0.4, -0.2) is 0 Å². The first-order valence-corrected chi connectivity index (χ1v) is 4.71. The molecule has 0 nitrogen and oxygen atoms in total. The molecule has 0 saturated carbocycles. The number of hydrogen-bond acceptors (Lipinski definition) is 0. The van der Waals surface area contributed by atoms with E-state index >= 15 is 0 Å². The van der Waals surface area contributed by atoms with Gasteiger partial charge in [0.15, 0.2) is 0 Å². The Bertz CT molecular complexity index is 264. The molecule has 14 heavy (non-hydrogen) atoms. The molecule has 0 aliphatic rings. The van der Waals surface area contributed by atoms with Crippen molar-refractivity contribution >= 4 is 0 Å². The molecule has 0 radical (unpaired) electrons. The summed E-state index contributed by atoms with van der Waals surface area (Å²) in [5.41, 5.74) is 2.28. The third kappa shape index (κ3) is 4.46. The summed E-state index contributed by atoms with van der Waals surface area (Å²) in [6, 6.07) is 0. The minimum atomic E-state index is 1.14. The molecular formula is C14H18. The van der Waals surface area contributed by atoms with Gasteiger partial charge < -0.3 is 0 Å². The van der Waals surface area contributed by atoms with Crippen molar-refractivity contribution in [1.82, 2.24) is 0 Å². The highest BCUT2D eigenvalue weighted by Crippen LogP contribution is 2.13. The van der Waals surface area contributed by atoms with Crippen LogP contribution in [0.25, 0.3) is 0 Å². The van der Waals surface area contributed by atoms with Crippen LogP contribution in [0, 0.1) is 0 Å². The molecule has 0 N–H and O–H groups in total. The highest BCUT2D eigenvalue weighted by atomic mass is 14.0. The summed E-state index contributed by atoms with van der Waals surface area (Å²) in [5.74, 6) is 0. The maximum absolute atomic E-state index is 3.70. The molecule has 0 heterocycles. The quantitative estimate of drug-likeness (QED) is 0.559. The average molecular weight is 186 g/mol. The Morgan fingerprint density at radius 1 is 0.786 bits per heavy atom. The second kappa shape index (κ2) is 8.06. The number of allylic oxidation sites excluding steroid dienone is 10. The van der Waals surface area contributed by atoms with Gasteiger partial charge in [-0.25, -0.2) is 0 Å². The van der Waals surface area contributed by atoms with Crippen LogP contribution in [0.2, 0.25) is 0 Å². The zero-order valence-corrected chi connectivity index (χ0v) is 9.03. The van der Waals surface area contributed by atoms with Crippen LogP contribution in [0.5, 0.6) is 0 Å². The molecule has 0 unspecified atom stereocenters. The van der Waals surface area contributed by atoms with E-state index in [9.17, 15) is 0 Å². The topological polar surface area (TPSA) is 0 Å². The largest absolute Gasteiger partial charge is 0.0990 e. The molecule has 0 atom stereocenters. The van der Waals surface area contributed by atoms with Crippen LogP contribution in [0.3, 0.4) is 0 Å². The first-order chi connectivity index (χ1) is 6.79. The highest BCUT2D eigenvalue weighted by Gasteiger charge is 1.94. The fraction of sp³-hybridized carbons (Fsp3) is 0.143. The molecule has 0 aliphatic heterocycles. The van der Waals surface area contributed by atoms with E-state index in [4.69, 9.17) is 0 Å². The molecule has 0 heteroatoms. The normalized spacial score (nSPS) is 13.9. The van der Waals surface area contributed by atoms with Gasteiger partial charge in [-0.2, -0.15) is 0 Å². The van der Waals surface area contributed by atoms with E-state index in [-0.39, 0.29) is 0 Å². The standard InChI is InChI=1S/C14H18/c1-5-9-13(10-6-2)14(11-7-3)12-8-4/h5-12H,1,3H2,2,4H3/b10-6-,12-8-,13-9-,14-11+. The third-order valence-electron chi connectivity index (χ3n) is 1.62. The van der Waals surface area contributed by atoms with E-state index in [1.165, 1.54) is 0 Å². The van der Waals surface area contributed by atoms with Gasteiger partial charge in [0.1, 0.15) is 0 Å². The van der Waals surface area contributed by atoms with Crippen LogP contribution in [0.4, 0.5) is 0 Å². The molecule has 0 aromatic carbocycles. The van der Waals surface area contributed by atoms with Crippen LogP contribution in [-0.2, 0) is 0 Å². The molecule has 0 aromatic heterocycles. The lowest BCUT2D eigenvalue weighted by Gasteiger charge is -2.01. The van der Waals surface area contributed by atoms with E-state index in [1.54, 1.807) is 12.2 Å². The Kier molecular flexibility index (Phi) is 7.16. The zero-order valence-electron chi connectivity index (χ0n) is 9.03. The van der Waals surface area contributed by atoms with Crippen molar-refractivity contribution < 1.29 is 0 Å². The first kappa shape index (κ1) is 12.4.